The van der Waals surface area contributed by atoms with Gasteiger partial charge in [-0.1, -0.05) is 0 Å². The average Bonchev–Trinajstić information content (AvgIpc) is 2.33. The Morgan fingerprint density at radius 2 is 1.83 bits per heavy atom. The van der Waals surface area contributed by atoms with Crippen LogP contribution in [0.15, 0.2) is 30.6 Å². The first-order valence-corrected chi connectivity index (χ1v) is 5.58. The molecule has 0 saturated carbocycles. The van der Waals surface area contributed by atoms with Crippen molar-refractivity contribution in [2.75, 3.05) is 0 Å². The number of hydrogen-bond acceptors (Lipinski definition) is 3. The zero-order valence-electron chi connectivity index (χ0n) is 9.90. The topological polar surface area (TPSA) is 51.8 Å². The summed E-state index contributed by atoms with van der Waals surface area (Å²) < 4.78 is 25.9. The Bertz CT molecular complexity index is 538. The Balaban J connectivity index is 2.25. The number of benzene rings is 1. The van der Waals surface area contributed by atoms with E-state index in [1.807, 2.05) is 6.92 Å². The summed E-state index contributed by atoms with van der Waals surface area (Å²) in [5, 5.41) is 0. The van der Waals surface area contributed by atoms with Gasteiger partial charge in [-0.25, -0.2) is 18.7 Å². The van der Waals surface area contributed by atoms with E-state index in [1.165, 1.54) is 6.07 Å². The maximum absolute atomic E-state index is 13.1. The van der Waals surface area contributed by atoms with E-state index in [0.29, 0.717) is 17.8 Å². The van der Waals surface area contributed by atoms with Crippen LogP contribution in [0.2, 0.25) is 0 Å². The van der Waals surface area contributed by atoms with E-state index >= 15 is 0 Å². The zero-order chi connectivity index (χ0) is 13.1. The Morgan fingerprint density at radius 3 is 2.39 bits per heavy atom. The second-order valence-electron chi connectivity index (χ2n) is 4.23. The van der Waals surface area contributed by atoms with E-state index in [1.54, 1.807) is 12.4 Å². The second-order valence-corrected chi connectivity index (χ2v) is 4.23. The lowest BCUT2D eigenvalue weighted by Gasteiger charge is -2.05. The quantitative estimate of drug-likeness (QED) is 0.908. The molecule has 0 radical (unpaired) electrons. The molecule has 0 aliphatic heterocycles. The molecule has 2 N–H and O–H groups in total. The van der Waals surface area contributed by atoms with Gasteiger partial charge in [0, 0.05) is 24.0 Å². The van der Waals surface area contributed by atoms with Crippen molar-refractivity contribution in [2.24, 2.45) is 5.73 Å². The molecule has 1 aromatic heterocycles. The van der Waals surface area contributed by atoms with Crippen molar-refractivity contribution < 1.29 is 8.78 Å². The molecule has 2 aromatic rings. The van der Waals surface area contributed by atoms with Gasteiger partial charge in [-0.3, -0.25) is 0 Å². The predicted octanol–water partition coefficient (Wildman–Crippen LogP) is 2.31. The number of rotatable bonds is 3. The molecule has 0 aliphatic carbocycles. The molecule has 0 fully saturated rings. The lowest BCUT2D eigenvalue weighted by atomic mass is 10.1. The molecule has 0 aliphatic rings. The summed E-state index contributed by atoms with van der Waals surface area (Å²) in [6, 6.07) is 3.61. The van der Waals surface area contributed by atoms with Crippen molar-refractivity contribution in [3.63, 3.8) is 0 Å². The summed E-state index contributed by atoms with van der Waals surface area (Å²) in [6.07, 6.45) is 3.97. The Morgan fingerprint density at radius 1 is 1.17 bits per heavy atom. The maximum Gasteiger partial charge on any atom is 0.159 e. The molecular weight excluding hydrogens is 236 g/mol. The maximum atomic E-state index is 13.1. The number of nitrogens with two attached hydrogens (primary N) is 1. The van der Waals surface area contributed by atoms with Crippen LogP contribution in [0.1, 0.15) is 12.5 Å². The van der Waals surface area contributed by atoms with Gasteiger partial charge in [-0.2, -0.15) is 0 Å². The molecule has 1 atom stereocenters. The first kappa shape index (κ1) is 12.6. The Hall–Kier alpha value is -1.88. The Labute approximate surface area is 104 Å². The molecule has 0 saturated heterocycles. The van der Waals surface area contributed by atoms with Crippen LogP contribution in [0.4, 0.5) is 8.78 Å². The second kappa shape index (κ2) is 5.18. The molecule has 1 heterocycles. The van der Waals surface area contributed by atoms with Crippen LogP contribution < -0.4 is 5.73 Å². The van der Waals surface area contributed by atoms with E-state index in [0.717, 1.165) is 17.7 Å². The van der Waals surface area contributed by atoms with Gasteiger partial charge in [0.2, 0.25) is 0 Å². The molecule has 94 valence electrons. The van der Waals surface area contributed by atoms with Gasteiger partial charge in [0.1, 0.15) is 0 Å². The fraction of sp³-hybridized carbons (Fsp3) is 0.231. The summed E-state index contributed by atoms with van der Waals surface area (Å²) in [7, 11) is 0. The van der Waals surface area contributed by atoms with E-state index in [9.17, 15) is 8.78 Å². The van der Waals surface area contributed by atoms with E-state index in [4.69, 9.17) is 5.73 Å². The first-order valence-electron chi connectivity index (χ1n) is 5.58. The van der Waals surface area contributed by atoms with Crippen LogP contribution in [0, 0.1) is 11.6 Å². The highest BCUT2D eigenvalue weighted by molar-refractivity contribution is 5.54. The highest BCUT2D eigenvalue weighted by Gasteiger charge is 2.07. The van der Waals surface area contributed by atoms with Crippen LogP contribution in [0.3, 0.4) is 0 Å². The fourth-order valence-corrected chi connectivity index (χ4v) is 1.62. The van der Waals surface area contributed by atoms with Gasteiger partial charge < -0.3 is 5.73 Å². The number of halogens is 2. The molecule has 0 amide bonds. The SMILES string of the molecule is CC(N)Cc1cnc(-c2ccc(F)c(F)c2)nc1. The van der Waals surface area contributed by atoms with Gasteiger partial charge in [0.15, 0.2) is 17.5 Å². The Kier molecular flexibility index (Phi) is 3.62. The number of aromatic nitrogens is 2. The molecule has 5 heteroatoms. The van der Waals surface area contributed by atoms with Crippen LogP contribution in [-0.4, -0.2) is 16.0 Å². The van der Waals surface area contributed by atoms with E-state index in [-0.39, 0.29) is 6.04 Å². The standard InChI is InChI=1S/C13H13F2N3/c1-8(16)4-9-6-17-13(18-7-9)10-2-3-11(14)12(15)5-10/h2-3,5-8H,4,16H2,1H3. The van der Waals surface area contributed by atoms with Crippen molar-refractivity contribution >= 4 is 0 Å². The summed E-state index contributed by atoms with van der Waals surface area (Å²) in [4.78, 5) is 8.23. The third kappa shape index (κ3) is 2.87. The van der Waals surface area contributed by atoms with E-state index < -0.39 is 11.6 Å². The third-order valence-electron chi connectivity index (χ3n) is 2.44. The van der Waals surface area contributed by atoms with Crippen molar-refractivity contribution in [1.82, 2.24) is 9.97 Å². The normalized spacial score (nSPS) is 12.4. The average molecular weight is 249 g/mol. The monoisotopic (exact) mass is 249 g/mol. The number of hydrogen-bond donors (Lipinski definition) is 1. The largest absolute Gasteiger partial charge is 0.328 e. The van der Waals surface area contributed by atoms with Crippen LogP contribution in [-0.2, 0) is 6.42 Å². The molecule has 1 unspecified atom stereocenters. The lowest BCUT2D eigenvalue weighted by Crippen LogP contribution is -2.18. The van der Waals surface area contributed by atoms with Crippen LogP contribution in [0.25, 0.3) is 11.4 Å². The highest BCUT2D eigenvalue weighted by atomic mass is 19.2. The molecular formula is C13H13F2N3. The smallest absolute Gasteiger partial charge is 0.159 e. The molecule has 0 bridgehead atoms. The van der Waals surface area contributed by atoms with Crippen molar-refractivity contribution in [1.29, 1.82) is 0 Å². The van der Waals surface area contributed by atoms with Crippen molar-refractivity contribution in [3.05, 3.63) is 47.8 Å². The van der Waals surface area contributed by atoms with Gasteiger partial charge in [-0.15, -0.1) is 0 Å². The fourth-order valence-electron chi connectivity index (χ4n) is 1.62. The van der Waals surface area contributed by atoms with Gasteiger partial charge in [0.05, 0.1) is 0 Å². The third-order valence-corrected chi connectivity index (χ3v) is 2.44. The van der Waals surface area contributed by atoms with Gasteiger partial charge >= 0.3 is 0 Å². The van der Waals surface area contributed by atoms with Gasteiger partial charge in [-0.05, 0) is 37.1 Å². The van der Waals surface area contributed by atoms with Crippen LogP contribution >= 0.6 is 0 Å². The minimum Gasteiger partial charge on any atom is -0.328 e. The molecule has 3 nitrogen and oxygen atoms in total. The number of nitrogens with zero attached hydrogens (tertiary/aromatic N) is 2. The van der Waals surface area contributed by atoms with E-state index in [2.05, 4.69) is 9.97 Å². The van der Waals surface area contributed by atoms with Gasteiger partial charge in [0.25, 0.3) is 0 Å². The van der Waals surface area contributed by atoms with Crippen LogP contribution in [0.5, 0.6) is 0 Å². The summed E-state index contributed by atoms with van der Waals surface area (Å²) in [6.45, 7) is 1.89. The highest BCUT2D eigenvalue weighted by Crippen LogP contribution is 2.17. The molecule has 1 aromatic carbocycles. The summed E-state index contributed by atoms with van der Waals surface area (Å²) in [5.41, 5.74) is 7.02. The van der Waals surface area contributed by atoms with Crippen molar-refractivity contribution in [2.45, 2.75) is 19.4 Å². The summed E-state index contributed by atoms with van der Waals surface area (Å²) >= 11 is 0. The lowest BCUT2D eigenvalue weighted by molar-refractivity contribution is 0.509. The zero-order valence-corrected chi connectivity index (χ0v) is 9.90. The molecule has 18 heavy (non-hydrogen) atoms. The molecule has 0 spiro atoms. The predicted molar refractivity (Wildman–Crippen MR) is 64.7 cm³/mol. The first-order chi connectivity index (χ1) is 8.56. The summed E-state index contributed by atoms with van der Waals surface area (Å²) in [5.74, 6) is -1.43. The molecule has 2 rings (SSSR count). The minimum atomic E-state index is -0.907. The van der Waals surface area contributed by atoms with Crippen molar-refractivity contribution in [3.8, 4) is 11.4 Å². The minimum absolute atomic E-state index is 0.0303.